The smallest absolute Gasteiger partial charge is 0.311 e. The van der Waals surface area contributed by atoms with E-state index in [9.17, 15) is 9.59 Å². The van der Waals surface area contributed by atoms with Gasteiger partial charge < -0.3 is 4.98 Å². The van der Waals surface area contributed by atoms with Crippen LogP contribution in [0, 0.1) is 0 Å². The van der Waals surface area contributed by atoms with Gasteiger partial charge in [-0.1, -0.05) is 37.3 Å². The number of H-pyrrole nitrogens is 2. The van der Waals surface area contributed by atoms with Crippen LogP contribution in [-0.4, -0.2) is 9.97 Å². The highest BCUT2D eigenvalue weighted by atomic mass is 16.2. The Labute approximate surface area is 98.3 Å². The number of hydrogen-bond donors (Lipinski definition) is 2. The average Bonchev–Trinajstić information content (AvgIpc) is 2.30. The average molecular weight is 230 g/mol. The summed E-state index contributed by atoms with van der Waals surface area (Å²) in [5.41, 5.74) is 0.934. The van der Waals surface area contributed by atoms with Crippen LogP contribution in [0.2, 0.25) is 0 Å². The molecule has 4 nitrogen and oxygen atoms in total. The lowest BCUT2D eigenvalue weighted by Gasteiger charge is -2.14. The Kier molecular flexibility index (Phi) is 3.23. The zero-order valence-corrected chi connectivity index (χ0v) is 9.57. The van der Waals surface area contributed by atoms with E-state index in [-0.39, 0.29) is 11.5 Å². The molecule has 4 heteroatoms. The standard InChI is InChI=1S/C13H14N2O2/c1-2-10(9-6-4-3-5-7-9)11-8-12(16)15-13(17)14-11/h3-8,10H,2H2,1H3,(H2,14,15,16,17)/t10-/m1/s1. The largest absolute Gasteiger partial charge is 0.325 e. The van der Waals surface area contributed by atoms with E-state index in [0.29, 0.717) is 5.69 Å². The molecule has 0 aliphatic carbocycles. The third kappa shape index (κ3) is 2.53. The molecule has 0 unspecified atom stereocenters. The highest BCUT2D eigenvalue weighted by Gasteiger charge is 2.13. The molecule has 88 valence electrons. The Morgan fingerprint density at radius 1 is 1.12 bits per heavy atom. The molecular formula is C13H14N2O2. The first-order valence-electron chi connectivity index (χ1n) is 5.59. The second kappa shape index (κ2) is 4.82. The minimum absolute atomic E-state index is 0.0474. The SMILES string of the molecule is CC[C@H](c1ccccc1)c1cc(=O)[nH]c(=O)[nH]1. The topological polar surface area (TPSA) is 65.7 Å². The fourth-order valence-electron chi connectivity index (χ4n) is 2.00. The van der Waals surface area contributed by atoms with Gasteiger partial charge in [-0.25, -0.2) is 4.79 Å². The molecule has 0 aliphatic heterocycles. The van der Waals surface area contributed by atoms with E-state index in [4.69, 9.17) is 0 Å². The van der Waals surface area contributed by atoms with E-state index in [1.807, 2.05) is 37.3 Å². The molecule has 1 heterocycles. The second-order valence-electron chi connectivity index (χ2n) is 3.91. The van der Waals surface area contributed by atoms with Crippen molar-refractivity contribution in [3.05, 3.63) is 68.5 Å². The summed E-state index contributed by atoms with van der Waals surface area (Å²) in [6, 6.07) is 11.3. The fourth-order valence-corrected chi connectivity index (χ4v) is 2.00. The predicted octanol–water partition coefficient (Wildman–Crippen LogP) is 1.61. The molecule has 1 aromatic heterocycles. The molecule has 0 saturated carbocycles. The van der Waals surface area contributed by atoms with E-state index in [2.05, 4.69) is 9.97 Å². The monoisotopic (exact) mass is 230 g/mol. The van der Waals surface area contributed by atoms with E-state index in [1.165, 1.54) is 6.07 Å². The van der Waals surface area contributed by atoms with Crippen LogP contribution in [0.5, 0.6) is 0 Å². The Hall–Kier alpha value is -2.10. The minimum atomic E-state index is -0.457. The van der Waals surface area contributed by atoms with Gasteiger partial charge in [0.05, 0.1) is 0 Å². The lowest BCUT2D eigenvalue weighted by Crippen LogP contribution is -2.24. The van der Waals surface area contributed by atoms with Gasteiger partial charge in [-0.3, -0.25) is 9.78 Å². The number of aromatic amines is 2. The highest BCUT2D eigenvalue weighted by molar-refractivity contribution is 5.27. The van der Waals surface area contributed by atoms with Crippen molar-refractivity contribution in [3.8, 4) is 0 Å². The second-order valence-corrected chi connectivity index (χ2v) is 3.91. The quantitative estimate of drug-likeness (QED) is 0.841. The van der Waals surface area contributed by atoms with E-state index < -0.39 is 5.69 Å². The molecule has 2 rings (SSSR count). The molecule has 1 aromatic carbocycles. The van der Waals surface area contributed by atoms with Gasteiger partial charge in [-0.15, -0.1) is 0 Å². The zero-order chi connectivity index (χ0) is 12.3. The van der Waals surface area contributed by atoms with Crippen LogP contribution in [0.4, 0.5) is 0 Å². The summed E-state index contributed by atoms with van der Waals surface area (Å²) in [5.74, 6) is 0.0474. The molecule has 17 heavy (non-hydrogen) atoms. The van der Waals surface area contributed by atoms with Crippen molar-refractivity contribution in [1.29, 1.82) is 0 Å². The first-order chi connectivity index (χ1) is 8.20. The molecule has 0 aliphatic rings. The van der Waals surface area contributed by atoms with Crippen LogP contribution in [0.3, 0.4) is 0 Å². The highest BCUT2D eigenvalue weighted by Crippen LogP contribution is 2.24. The Morgan fingerprint density at radius 2 is 1.82 bits per heavy atom. The molecule has 1 atom stereocenters. The van der Waals surface area contributed by atoms with Crippen molar-refractivity contribution in [1.82, 2.24) is 9.97 Å². The summed E-state index contributed by atoms with van der Waals surface area (Å²) in [7, 11) is 0. The first kappa shape index (κ1) is 11.4. The van der Waals surface area contributed by atoms with Gasteiger partial charge in [-0.2, -0.15) is 0 Å². The molecule has 0 saturated heterocycles. The predicted molar refractivity (Wildman–Crippen MR) is 66.3 cm³/mol. The van der Waals surface area contributed by atoms with Crippen LogP contribution < -0.4 is 11.2 Å². The van der Waals surface area contributed by atoms with Crippen LogP contribution >= 0.6 is 0 Å². The first-order valence-corrected chi connectivity index (χ1v) is 5.59. The van der Waals surface area contributed by atoms with Gasteiger partial charge in [0.15, 0.2) is 0 Å². The van der Waals surface area contributed by atoms with Crippen molar-refractivity contribution < 1.29 is 0 Å². The lowest BCUT2D eigenvalue weighted by atomic mass is 9.93. The molecule has 0 fully saturated rings. The summed E-state index contributed by atoms with van der Waals surface area (Å²) in [6.45, 7) is 2.02. The normalized spacial score (nSPS) is 12.3. The van der Waals surface area contributed by atoms with Crippen LogP contribution in [0.25, 0.3) is 0 Å². The summed E-state index contributed by atoms with van der Waals surface area (Å²) >= 11 is 0. The van der Waals surface area contributed by atoms with Crippen LogP contribution in [0.15, 0.2) is 46.0 Å². The van der Waals surface area contributed by atoms with Crippen molar-refractivity contribution in [2.45, 2.75) is 19.3 Å². The number of hydrogen-bond acceptors (Lipinski definition) is 2. The van der Waals surface area contributed by atoms with Crippen LogP contribution in [0.1, 0.15) is 30.5 Å². The van der Waals surface area contributed by atoms with Gasteiger partial charge in [0, 0.05) is 17.7 Å². The summed E-state index contributed by atoms with van der Waals surface area (Å²) in [4.78, 5) is 27.4. The lowest BCUT2D eigenvalue weighted by molar-refractivity contribution is 0.735. The minimum Gasteiger partial charge on any atom is -0.311 e. The summed E-state index contributed by atoms with van der Waals surface area (Å²) in [6.07, 6.45) is 0.823. The van der Waals surface area contributed by atoms with Crippen molar-refractivity contribution in [2.75, 3.05) is 0 Å². The van der Waals surface area contributed by atoms with Crippen molar-refractivity contribution in [2.24, 2.45) is 0 Å². The van der Waals surface area contributed by atoms with E-state index >= 15 is 0 Å². The third-order valence-corrected chi connectivity index (χ3v) is 2.77. The van der Waals surface area contributed by atoms with Crippen LogP contribution in [-0.2, 0) is 0 Å². The van der Waals surface area contributed by atoms with Gasteiger partial charge in [0.2, 0.25) is 0 Å². The maximum atomic E-state index is 11.3. The Morgan fingerprint density at radius 3 is 2.41 bits per heavy atom. The molecule has 0 bridgehead atoms. The van der Waals surface area contributed by atoms with Crippen molar-refractivity contribution in [3.63, 3.8) is 0 Å². The summed E-state index contributed by atoms with van der Waals surface area (Å²) < 4.78 is 0. The van der Waals surface area contributed by atoms with Gasteiger partial charge in [-0.05, 0) is 12.0 Å². The number of rotatable bonds is 3. The van der Waals surface area contributed by atoms with E-state index in [0.717, 1.165) is 12.0 Å². The fraction of sp³-hybridized carbons (Fsp3) is 0.231. The summed E-state index contributed by atoms with van der Waals surface area (Å²) in [5, 5.41) is 0. The van der Waals surface area contributed by atoms with Gasteiger partial charge in [0.25, 0.3) is 5.56 Å². The molecule has 0 spiro atoms. The molecule has 2 aromatic rings. The molecule has 0 amide bonds. The Balaban J connectivity index is 2.49. The van der Waals surface area contributed by atoms with Crippen molar-refractivity contribution >= 4 is 0 Å². The van der Waals surface area contributed by atoms with E-state index in [1.54, 1.807) is 0 Å². The molecule has 2 N–H and O–H groups in total. The molecular weight excluding hydrogens is 216 g/mol. The van der Waals surface area contributed by atoms with Gasteiger partial charge in [0.1, 0.15) is 0 Å². The zero-order valence-electron chi connectivity index (χ0n) is 9.57. The van der Waals surface area contributed by atoms with Gasteiger partial charge >= 0.3 is 5.69 Å². The number of benzene rings is 1. The Bertz CT molecular complexity index is 570. The maximum Gasteiger partial charge on any atom is 0.325 e. The number of aromatic nitrogens is 2. The number of nitrogens with one attached hydrogen (secondary N) is 2. The maximum absolute atomic E-state index is 11.3. The molecule has 0 radical (unpaired) electrons. The third-order valence-electron chi connectivity index (χ3n) is 2.77.